The maximum absolute atomic E-state index is 12.7. The first-order valence-electron chi connectivity index (χ1n) is 6.03. The van der Waals surface area contributed by atoms with Crippen molar-refractivity contribution in [2.24, 2.45) is 0 Å². The van der Waals surface area contributed by atoms with Crippen molar-refractivity contribution < 1.29 is 31.9 Å². The lowest BCUT2D eigenvalue weighted by Crippen LogP contribution is -2.40. The third-order valence-electron chi connectivity index (χ3n) is 2.39. The normalized spacial score (nSPS) is 11.3. The van der Waals surface area contributed by atoms with Crippen LogP contribution in [0.3, 0.4) is 0 Å². The number of anilines is 1. The second-order valence-electron chi connectivity index (χ2n) is 4.09. The predicted molar refractivity (Wildman–Crippen MR) is 66.6 cm³/mol. The molecular weight excluding hydrogens is 294 g/mol. The quantitative estimate of drug-likeness (QED) is 0.649. The molecule has 0 saturated heterocycles. The molecule has 8 heteroatoms. The molecule has 0 aliphatic rings. The number of rotatable bonds is 6. The molecule has 4 nitrogen and oxygen atoms in total. The Morgan fingerprint density at radius 3 is 2.29 bits per heavy atom. The fourth-order valence-electron chi connectivity index (χ4n) is 1.28. The molecule has 0 atom stereocenters. The van der Waals surface area contributed by atoms with Gasteiger partial charge in [-0.1, -0.05) is 6.92 Å². The summed E-state index contributed by atoms with van der Waals surface area (Å²) in [7, 11) is 0. The molecule has 0 bridgehead atoms. The number of alkyl halides is 4. The Bertz CT molecular complexity index is 503. The number of esters is 1. The van der Waals surface area contributed by atoms with Crippen molar-refractivity contribution in [2.45, 2.75) is 25.7 Å². The summed E-state index contributed by atoms with van der Waals surface area (Å²) in [6.07, 6.45) is -3.46. The van der Waals surface area contributed by atoms with Crippen molar-refractivity contribution in [1.82, 2.24) is 0 Å². The average molecular weight is 307 g/mol. The highest BCUT2D eigenvalue weighted by molar-refractivity contribution is 5.97. The first kappa shape index (κ1) is 16.9. The largest absolute Gasteiger partial charge is 0.462 e. The number of amides is 1. The molecule has 116 valence electrons. The van der Waals surface area contributed by atoms with E-state index in [4.69, 9.17) is 4.74 Å². The second-order valence-corrected chi connectivity index (χ2v) is 4.09. The molecule has 1 rings (SSSR count). The van der Waals surface area contributed by atoms with Crippen LogP contribution < -0.4 is 5.32 Å². The van der Waals surface area contributed by atoms with Crippen molar-refractivity contribution in [3.05, 3.63) is 29.8 Å². The molecule has 0 aromatic heterocycles. The van der Waals surface area contributed by atoms with Crippen LogP contribution in [0.5, 0.6) is 0 Å². The van der Waals surface area contributed by atoms with Crippen molar-refractivity contribution in [3.63, 3.8) is 0 Å². The monoisotopic (exact) mass is 307 g/mol. The fraction of sp³-hybridized carbons (Fsp3) is 0.385. The smallest absolute Gasteiger partial charge is 0.383 e. The van der Waals surface area contributed by atoms with Crippen LogP contribution in [0, 0.1) is 0 Å². The minimum atomic E-state index is -4.78. The highest BCUT2D eigenvalue weighted by Crippen LogP contribution is 2.24. The number of hydrogen-bond donors (Lipinski definition) is 1. The zero-order chi connectivity index (χ0) is 16.0. The van der Waals surface area contributed by atoms with Crippen LogP contribution >= 0.6 is 0 Å². The Morgan fingerprint density at radius 1 is 1.24 bits per heavy atom. The van der Waals surface area contributed by atoms with Gasteiger partial charge in [-0.05, 0) is 30.7 Å². The van der Waals surface area contributed by atoms with E-state index in [0.29, 0.717) is 6.42 Å². The third-order valence-corrected chi connectivity index (χ3v) is 2.39. The van der Waals surface area contributed by atoms with Gasteiger partial charge in [0.05, 0.1) is 12.2 Å². The SMILES string of the molecule is CCCOC(=O)c1ccc(NC(=O)C(F)(F)C(F)F)cc1. The number of nitrogens with one attached hydrogen (secondary N) is 1. The minimum Gasteiger partial charge on any atom is -0.462 e. The number of hydrogen-bond acceptors (Lipinski definition) is 3. The summed E-state index contributed by atoms with van der Waals surface area (Å²) < 4.78 is 54.3. The summed E-state index contributed by atoms with van der Waals surface area (Å²) in [6, 6.07) is 4.74. The summed E-state index contributed by atoms with van der Waals surface area (Å²) >= 11 is 0. The van der Waals surface area contributed by atoms with E-state index in [1.807, 2.05) is 6.92 Å². The second kappa shape index (κ2) is 7.05. The molecule has 0 heterocycles. The average Bonchev–Trinajstić information content (AvgIpc) is 2.45. The highest BCUT2D eigenvalue weighted by Gasteiger charge is 2.48. The summed E-state index contributed by atoms with van der Waals surface area (Å²) in [5.74, 6) is -7.50. The van der Waals surface area contributed by atoms with Gasteiger partial charge in [-0.3, -0.25) is 4.79 Å². The van der Waals surface area contributed by atoms with E-state index >= 15 is 0 Å². The van der Waals surface area contributed by atoms with E-state index < -0.39 is 24.2 Å². The molecule has 0 aliphatic heterocycles. The van der Waals surface area contributed by atoms with Crippen LogP contribution in [0.15, 0.2) is 24.3 Å². The molecule has 1 amide bonds. The van der Waals surface area contributed by atoms with E-state index in [9.17, 15) is 27.2 Å². The Kier molecular flexibility index (Phi) is 5.69. The topological polar surface area (TPSA) is 55.4 Å². The van der Waals surface area contributed by atoms with Crippen molar-refractivity contribution in [1.29, 1.82) is 0 Å². The molecule has 1 N–H and O–H groups in total. The van der Waals surface area contributed by atoms with Gasteiger partial charge in [-0.25, -0.2) is 13.6 Å². The van der Waals surface area contributed by atoms with Gasteiger partial charge >= 0.3 is 24.2 Å². The standard InChI is InChI=1S/C13H13F4NO3/c1-2-7-21-10(19)8-3-5-9(6-4-8)18-12(20)13(16,17)11(14)15/h3-6,11H,2,7H2,1H3,(H,18,20). The molecule has 0 radical (unpaired) electrons. The van der Waals surface area contributed by atoms with Crippen molar-refractivity contribution in [3.8, 4) is 0 Å². The van der Waals surface area contributed by atoms with Gasteiger partial charge in [-0.2, -0.15) is 8.78 Å². The van der Waals surface area contributed by atoms with Crippen LogP contribution in [0.2, 0.25) is 0 Å². The molecule has 0 spiro atoms. The molecule has 0 unspecified atom stereocenters. The molecule has 0 aliphatic carbocycles. The fourth-order valence-corrected chi connectivity index (χ4v) is 1.28. The lowest BCUT2D eigenvalue weighted by atomic mass is 10.2. The van der Waals surface area contributed by atoms with Gasteiger partial charge in [0, 0.05) is 5.69 Å². The number of benzene rings is 1. The number of halogens is 4. The zero-order valence-corrected chi connectivity index (χ0v) is 11.0. The van der Waals surface area contributed by atoms with Gasteiger partial charge in [0.25, 0.3) is 0 Å². The number of ether oxygens (including phenoxy) is 1. The Morgan fingerprint density at radius 2 is 1.81 bits per heavy atom. The Labute approximate surface area is 118 Å². The van der Waals surface area contributed by atoms with E-state index in [2.05, 4.69) is 0 Å². The zero-order valence-electron chi connectivity index (χ0n) is 11.0. The number of carbonyl (C=O) groups is 2. The molecule has 0 saturated carbocycles. The van der Waals surface area contributed by atoms with Crippen LogP contribution in [0.4, 0.5) is 23.2 Å². The van der Waals surface area contributed by atoms with E-state index in [1.54, 1.807) is 5.32 Å². The predicted octanol–water partition coefficient (Wildman–Crippen LogP) is 3.09. The summed E-state index contributed by atoms with van der Waals surface area (Å²) in [5, 5.41) is 1.65. The summed E-state index contributed by atoms with van der Waals surface area (Å²) in [6.45, 7) is 2.05. The van der Waals surface area contributed by atoms with Gasteiger partial charge < -0.3 is 10.1 Å². The summed E-state index contributed by atoms with van der Waals surface area (Å²) in [4.78, 5) is 22.5. The first-order chi connectivity index (χ1) is 9.78. The van der Waals surface area contributed by atoms with Crippen LogP contribution in [-0.4, -0.2) is 30.8 Å². The van der Waals surface area contributed by atoms with E-state index in [-0.39, 0.29) is 17.9 Å². The maximum Gasteiger partial charge on any atom is 0.383 e. The number of carbonyl (C=O) groups excluding carboxylic acids is 2. The van der Waals surface area contributed by atoms with Gasteiger partial charge in [-0.15, -0.1) is 0 Å². The van der Waals surface area contributed by atoms with Crippen molar-refractivity contribution in [2.75, 3.05) is 11.9 Å². The Balaban J connectivity index is 2.71. The van der Waals surface area contributed by atoms with Crippen LogP contribution in [0.25, 0.3) is 0 Å². The molecule has 1 aromatic carbocycles. The van der Waals surface area contributed by atoms with Crippen LogP contribution in [0.1, 0.15) is 23.7 Å². The summed E-state index contributed by atoms with van der Waals surface area (Å²) in [5.41, 5.74) is 0.0226. The first-order valence-corrected chi connectivity index (χ1v) is 6.03. The lowest BCUT2D eigenvalue weighted by Gasteiger charge is -2.14. The van der Waals surface area contributed by atoms with Gasteiger partial charge in [0.1, 0.15) is 0 Å². The Hall–Kier alpha value is -2.12. The molecule has 1 aromatic rings. The highest BCUT2D eigenvalue weighted by atomic mass is 19.3. The van der Waals surface area contributed by atoms with Crippen molar-refractivity contribution >= 4 is 17.6 Å². The van der Waals surface area contributed by atoms with Gasteiger partial charge in [0.2, 0.25) is 0 Å². The van der Waals surface area contributed by atoms with Gasteiger partial charge in [0.15, 0.2) is 0 Å². The lowest BCUT2D eigenvalue weighted by molar-refractivity contribution is -0.163. The molecular formula is C13H13F4NO3. The van der Waals surface area contributed by atoms with E-state index in [1.165, 1.54) is 12.1 Å². The maximum atomic E-state index is 12.7. The molecule has 0 fully saturated rings. The van der Waals surface area contributed by atoms with Crippen LogP contribution in [-0.2, 0) is 9.53 Å². The molecule has 21 heavy (non-hydrogen) atoms. The van der Waals surface area contributed by atoms with E-state index in [0.717, 1.165) is 12.1 Å². The third kappa shape index (κ3) is 4.44. The minimum absolute atomic E-state index is 0.132.